The smallest absolute Gasteiger partial charge is 0.382 e. The van der Waals surface area contributed by atoms with Crippen molar-refractivity contribution in [1.82, 2.24) is 84.0 Å². The van der Waals surface area contributed by atoms with Crippen LogP contribution in [-0.4, -0.2) is 183 Å². The minimum atomic E-state index is -3.54. The largest absolute Gasteiger partial charge is 0.495 e. The Hall–Kier alpha value is -11.5. The van der Waals surface area contributed by atoms with Crippen molar-refractivity contribution in [3.05, 3.63) is 187 Å². The van der Waals surface area contributed by atoms with Crippen molar-refractivity contribution in [3.8, 4) is 16.9 Å². The summed E-state index contributed by atoms with van der Waals surface area (Å²) in [6.07, 6.45) is 12.4. The summed E-state index contributed by atoms with van der Waals surface area (Å²) in [6.45, 7) is 17.3. The number of anilines is 9. The van der Waals surface area contributed by atoms with Crippen molar-refractivity contribution in [2.75, 3.05) is 79.8 Å². The van der Waals surface area contributed by atoms with E-state index in [1.807, 2.05) is 37.6 Å². The number of aromatic nitrogens is 16. The summed E-state index contributed by atoms with van der Waals surface area (Å²) in [7, 11) is -9.52. The molecule has 0 spiro atoms. The van der Waals surface area contributed by atoms with Gasteiger partial charge in [-0.15, -0.1) is 0 Å². The van der Waals surface area contributed by atoms with Gasteiger partial charge in [-0.05, 0) is 177 Å². The number of nitriles is 1. The van der Waals surface area contributed by atoms with Crippen molar-refractivity contribution in [3.63, 3.8) is 0 Å². The molecule has 1 amide bonds. The van der Waals surface area contributed by atoms with E-state index in [1.165, 1.54) is 50.4 Å². The van der Waals surface area contributed by atoms with Crippen LogP contribution in [0.15, 0.2) is 196 Å². The number of fused-ring (bicyclic) bond motifs is 4. The van der Waals surface area contributed by atoms with Gasteiger partial charge in [-0.2, -0.15) is 68.9 Å². The van der Waals surface area contributed by atoms with Crippen LogP contribution in [0.25, 0.3) is 16.9 Å². The van der Waals surface area contributed by atoms with E-state index in [0.717, 1.165) is 22.7 Å². The van der Waals surface area contributed by atoms with E-state index in [0.29, 0.717) is 108 Å². The molecular weight excluding hydrogens is 1720 g/mol. The number of para-hydroxylation sites is 3. The lowest BCUT2D eigenvalue weighted by atomic mass is 10.2. The van der Waals surface area contributed by atoms with Gasteiger partial charge < -0.3 is 51.9 Å². The highest BCUT2D eigenvalue weighted by atomic mass is 35.5. The summed E-state index contributed by atoms with van der Waals surface area (Å²) in [5, 5.41) is 43.8. The number of hydrogen-bond donors (Lipinski definition) is 8. The Balaban J connectivity index is 0.000000228. The molecule has 638 valence electrons. The summed E-state index contributed by atoms with van der Waals surface area (Å²) in [5.41, 5.74) is 22.6. The first-order valence-electron chi connectivity index (χ1n) is 35.3. The predicted octanol–water partition coefficient (Wildman–Crippen LogP) is 13.7. The van der Waals surface area contributed by atoms with Gasteiger partial charge in [0.2, 0.25) is 23.1 Å². The SMILES string of the molecule is C.CC(C)S(=O)(=O)c1ccccc1N.CCOC(=O)SC#N.COc1cc(C)ccc1N.COc1cc(P(C)(C)=O)ccc1Nc1nc(Nc2ccccc2S(=O)(=O)C(C)C)n2nccc2n1.CSc1nc(Cl)n2nccc2n1.CSc1nc(Nc2ccccc2S(=O)(=O)C(C)C)n2nccc2n1.Nc1ccn[nH]1.O=C1NC(=S)Cc2ccnn21. The number of halogens is 1. The van der Waals surface area contributed by atoms with E-state index in [2.05, 4.69) is 86.5 Å². The number of aromatic amines is 1. The van der Waals surface area contributed by atoms with Gasteiger partial charge in [0.15, 0.2) is 56.8 Å². The molecule has 5 aromatic carbocycles. The van der Waals surface area contributed by atoms with Gasteiger partial charge in [-0.3, -0.25) is 10.4 Å². The second-order valence-electron chi connectivity index (χ2n) is 25.5. The highest BCUT2D eigenvalue weighted by molar-refractivity contribution is 8.17. The second-order valence-corrected chi connectivity index (χ2v) is 39.2. The number of carbonyl (C=O) groups is 2. The zero-order valence-electron chi connectivity index (χ0n) is 66.8. The van der Waals surface area contributed by atoms with Gasteiger partial charge in [0.1, 0.15) is 29.9 Å². The van der Waals surface area contributed by atoms with E-state index in [4.69, 9.17) is 55.8 Å². The predicted molar refractivity (Wildman–Crippen MR) is 478 cm³/mol. The number of thiocyanates is 1. The molecule has 0 bridgehead atoms. The van der Waals surface area contributed by atoms with Crippen LogP contribution in [0, 0.1) is 17.6 Å². The number of nitrogens with one attached hydrogen (secondary N) is 5. The van der Waals surface area contributed by atoms with Gasteiger partial charge in [-0.1, -0.05) is 85.6 Å². The van der Waals surface area contributed by atoms with Crippen LogP contribution in [0.5, 0.6) is 11.5 Å². The fourth-order valence-electron chi connectivity index (χ4n) is 9.72. The Morgan fingerprint density at radius 2 is 1.12 bits per heavy atom. The average molecular weight is 1810 g/mol. The number of rotatable bonds is 18. The maximum absolute atomic E-state index is 12.9. The highest BCUT2D eigenvalue weighted by Gasteiger charge is 2.27. The lowest BCUT2D eigenvalue weighted by Crippen LogP contribution is -2.40. The van der Waals surface area contributed by atoms with Gasteiger partial charge >= 0.3 is 11.3 Å². The number of methoxy groups -OCH3 is 2. The van der Waals surface area contributed by atoms with Gasteiger partial charge in [-0.25, -0.2) is 44.8 Å². The monoisotopic (exact) mass is 1810 g/mol. The lowest BCUT2D eigenvalue weighted by Gasteiger charge is -2.16. The number of carbonyl (C=O) groups excluding carboxylic acids is 2. The molecule has 1 aliphatic rings. The molecule has 0 atom stereocenters. The Morgan fingerprint density at radius 1 is 0.617 bits per heavy atom. The number of H-pyrrole nitrogens is 1. The number of nitrogens with zero attached hydrogens (tertiary/aromatic N) is 16. The Labute approximate surface area is 717 Å². The van der Waals surface area contributed by atoms with E-state index >= 15 is 0 Å². The maximum atomic E-state index is 12.9. The highest BCUT2D eigenvalue weighted by Crippen LogP contribution is 2.39. The molecule has 11 N–H and O–H groups in total. The summed E-state index contributed by atoms with van der Waals surface area (Å²) >= 11 is 14.0. The van der Waals surface area contributed by atoms with Crippen LogP contribution in [0.2, 0.25) is 5.28 Å². The second kappa shape index (κ2) is 45.1. The molecule has 36 nitrogen and oxygen atoms in total. The molecule has 45 heteroatoms. The number of sulfone groups is 3. The summed E-state index contributed by atoms with van der Waals surface area (Å²) in [5.74, 6) is 2.78. The van der Waals surface area contributed by atoms with Crippen LogP contribution in [0.3, 0.4) is 0 Å². The molecule has 0 unspecified atom stereocenters. The molecule has 0 saturated carbocycles. The minimum absolute atomic E-state index is 0. The number of aryl methyl sites for hydroxylation is 1. The van der Waals surface area contributed by atoms with E-state index in [-0.39, 0.29) is 40.0 Å². The van der Waals surface area contributed by atoms with Crippen molar-refractivity contribution >= 4 is 186 Å². The number of ether oxygens (including phenoxy) is 3. The summed E-state index contributed by atoms with van der Waals surface area (Å²) in [6, 6.07) is 39.4. The summed E-state index contributed by atoms with van der Waals surface area (Å²) in [4.78, 5) is 48.4. The molecule has 14 rings (SSSR count). The minimum Gasteiger partial charge on any atom is -0.495 e. The van der Waals surface area contributed by atoms with Gasteiger partial charge in [0.05, 0.1) is 127 Å². The van der Waals surface area contributed by atoms with E-state index < -0.39 is 57.7 Å². The standard InChI is InChI=1S/C23H27N6O4PS.C15H17N5O2S2.C9H13NO2S.C8H11NO.C6H5ClN4S.C6H5N3OS.C4H5NO2S.C3H5N3.CH4/c1-15(2)35(31,32)20-9-7-6-8-18(20)26-23-28-22(27-21-12-13-24-29(21)23)25-17-11-10-16(34(4,5)30)14-19(17)33-3;1-10(2)24(21,22)12-7-5-4-6-11(12)17-14-19-15(23-3)18-13-8-9-16-20(13)14;1-7(2)13(11,12)9-6-4-3-5-8(9)10;1-6-3-4-7(9)8(5-6)10-2;1-12-6-9-4-2-3-8-11(4)5(7)10-6;10-6-8-5(11)3-4-1-2-7-9(4)6;1-2-7-4(6)8-3-5;4-3-1-2-5-6-3;/h6-15H,1-5H3,(H2,25,26,27,28);4-10H,1-3H3,(H,17,18,19);3-7H,10H2,1-2H3;3-5H,9H2,1-2H3;2-3H,1H3;1-2H,3H2,(H,8,10,11);2H2,1H3;1-2H,(H3,4,5,6);1H4. The van der Waals surface area contributed by atoms with Gasteiger partial charge in [0.25, 0.3) is 0 Å². The first-order valence-corrected chi connectivity index (χ1v) is 46.6. The quantitative estimate of drug-likeness (QED) is 0.00987. The molecule has 0 aliphatic carbocycles. The topological polar surface area (TPSA) is 507 Å². The number of amides is 1. The van der Waals surface area contributed by atoms with Crippen LogP contribution in [0.1, 0.15) is 67.2 Å². The number of nitrogens with two attached hydrogens (primary N) is 3. The van der Waals surface area contributed by atoms with Crippen LogP contribution in [-0.2, 0) is 45.2 Å². The Kier molecular flexibility index (Phi) is 36.6. The fourth-order valence-corrected chi connectivity index (χ4v) is 15.6. The first-order chi connectivity index (χ1) is 56.4. The molecule has 8 aromatic heterocycles. The van der Waals surface area contributed by atoms with Gasteiger partial charge in [0, 0.05) is 36.1 Å². The van der Waals surface area contributed by atoms with Crippen molar-refractivity contribution in [1.29, 1.82) is 5.26 Å². The molecule has 9 heterocycles. The van der Waals surface area contributed by atoms with Crippen LogP contribution in [0.4, 0.5) is 61.7 Å². The number of thioether (sulfide) groups is 3. The fraction of sp³-hybridized carbons (Fsp3) is 0.267. The van der Waals surface area contributed by atoms with Crippen LogP contribution >= 0.6 is 66.2 Å². The zero-order valence-corrected chi connectivity index (χ0v) is 74.1. The molecule has 0 radical (unpaired) electrons. The Morgan fingerprint density at radius 3 is 1.60 bits per heavy atom. The molecular formula is C75H92ClN24O12PS7. The zero-order chi connectivity index (χ0) is 87.5. The number of nitrogen functional groups attached to an aromatic ring is 3. The van der Waals surface area contributed by atoms with Crippen LogP contribution < -0.4 is 53.2 Å². The van der Waals surface area contributed by atoms with Crippen molar-refractivity contribution < 1.29 is 53.6 Å². The third-order valence-corrected chi connectivity index (χ3v) is 26.0. The number of benzene rings is 5. The number of hydrogen-bond acceptors (Lipinski definition) is 34. The average Bonchev–Trinajstić information content (AvgIpc) is 1.05. The molecule has 13 aromatic rings. The normalized spacial score (nSPS) is 11.5. The van der Waals surface area contributed by atoms with Crippen molar-refractivity contribution in [2.45, 2.75) is 110 Å². The van der Waals surface area contributed by atoms with Crippen molar-refractivity contribution in [2.24, 2.45) is 0 Å². The Bertz CT molecular complexity index is 6100. The lowest BCUT2D eigenvalue weighted by molar-refractivity contribution is 0.181. The maximum Gasteiger partial charge on any atom is 0.382 e. The third-order valence-electron chi connectivity index (χ3n) is 15.9. The van der Waals surface area contributed by atoms with E-state index in [1.54, 1.807) is 225 Å². The first kappa shape index (κ1) is 97.3. The third kappa shape index (κ3) is 26.8. The molecule has 1 aliphatic heterocycles. The summed E-state index contributed by atoms with van der Waals surface area (Å²) < 4.78 is 107. The molecule has 120 heavy (non-hydrogen) atoms. The number of thiocarbonyl (C=S) groups is 1. The van der Waals surface area contributed by atoms with E-state index in [9.17, 15) is 39.4 Å². The molecule has 0 saturated heterocycles. The molecule has 0 fully saturated rings.